The lowest BCUT2D eigenvalue weighted by Gasteiger charge is -2.28. The molecular weight excluding hydrogens is 416 g/mol. The van der Waals surface area contributed by atoms with Crippen molar-refractivity contribution in [1.29, 1.82) is 0 Å². The number of aryl methyl sites for hydroxylation is 1. The molecule has 164 valence electrons. The molecule has 31 heavy (non-hydrogen) atoms. The molecule has 2 N–H and O–H groups in total. The summed E-state index contributed by atoms with van der Waals surface area (Å²) in [6, 6.07) is 14.8. The van der Waals surface area contributed by atoms with E-state index in [9.17, 15) is 18.5 Å². The molecule has 1 saturated heterocycles. The largest absolute Gasteiger partial charge is 0.353 e. The van der Waals surface area contributed by atoms with Crippen LogP contribution in [0, 0.1) is 10.1 Å². The predicted molar refractivity (Wildman–Crippen MR) is 120 cm³/mol. The monoisotopic (exact) mass is 442 g/mol. The van der Waals surface area contributed by atoms with Crippen LogP contribution >= 0.6 is 0 Å². The number of guanidine groups is 1. The highest BCUT2D eigenvalue weighted by Crippen LogP contribution is 2.21. The summed E-state index contributed by atoms with van der Waals surface area (Å²) in [5, 5.41) is 17.6. The van der Waals surface area contributed by atoms with E-state index >= 15 is 0 Å². The third-order valence-electron chi connectivity index (χ3n) is 5.83. The summed E-state index contributed by atoms with van der Waals surface area (Å²) in [6.07, 6.45) is 3.41. The van der Waals surface area contributed by atoms with Gasteiger partial charge in [0.25, 0.3) is 5.69 Å². The van der Waals surface area contributed by atoms with Crippen LogP contribution < -0.4 is 10.6 Å². The number of aliphatic imine (C=N–C) groups is 1. The highest BCUT2D eigenvalue weighted by atomic mass is 32.2. The molecule has 1 aliphatic heterocycles. The lowest BCUT2D eigenvalue weighted by atomic mass is 9.88. The third-order valence-corrected chi connectivity index (χ3v) is 7.60. The summed E-state index contributed by atoms with van der Waals surface area (Å²) in [6.45, 7) is 0.343. The maximum absolute atomic E-state index is 11.9. The standard InChI is InChI=1S/C22H26N4O4S/c27-26(28)21-9-5-16(6-10-21)14-23-22(25-20-11-12-31(29,30)15-20)24-19-8-7-17-3-1-2-4-18(17)13-19/h1-6,9-10,19-20H,7-8,11-15H2,(H2,23,24,25). The van der Waals surface area contributed by atoms with Gasteiger partial charge in [0.05, 0.1) is 23.0 Å². The quantitative estimate of drug-likeness (QED) is 0.318. The van der Waals surface area contributed by atoms with Crippen molar-refractivity contribution in [3.05, 3.63) is 75.3 Å². The normalized spacial score (nSPS) is 22.5. The van der Waals surface area contributed by atoms with Crippen LogP contribution in [0.4, 0.5) is 5.69 Å². The first kappa shape index (κ1) is 21.3. The molecule has 1 fully saturated rings. The Balaban J connectivity index is 1.47. The molecule has 0 bridgehead atoms. The molecule has 2 aromatic rings. The average molecular weight is 443 g/mol. The number of hydrogen-bond donors (Lipinski definition) is 2. The Morgan fingerprint density at radius 1 is 1.03 bits per heavy atom. The summed E-state index contributed by atoms with van der Waals surface area (Å²) >= 11 is 0. The van der Waals surface area contributed by atoms with Gasteiger partial charge in [-0.25, -0.2) is 13.4 Å². The lowest BCUT2D eigenvalue weighted by Crippen LogP contribution is -2.49. The van der Waals surface area contributed by atoms with E-state index in [-0.39, 0.29) is 29.3 Å². The first-order valence-electron chi connectivity index (χ1n) is 10.5. The molecule has 1 aliphatic carbocycles. The fourth-order valence-corrected chi connectivity index (χ4v) is 5.82. The Labute approximate surface area is 181 Å². The smallest absolute Gasteiger partial charge is 0.269 e. The van der Waals surface area contributed by atoms with Gasteiger partial charge < -0.3 is 10.6 Å². The molecule has 0 radical (unpaired) electrons. The van der Waals surface area contributed by atoms with Gasteiger partial charge in [0.2, 0.25) is 0 Å². The van der Waals surface area contributed by atoms with E-state index in [4.69, 9.17) is 0 Å². The molecule has 1 heterocycles. The number of rotatable bonds is 5. The second-order valence-corrected chi connectivity index (χ2v) is 10.4. The number of sulfone groups is 1. The van der Waals surface area contributed by atoms with Crippen molar-refractivity contribution in [3.63, 3.8) is 0 Å². The number of nitro benzene ring substituents is 1. The van der Waals surface area contributed by atoms with Crippen molar-refractivity contribution in [2.75, 3.05) is 11.5 Å². The van der Waals surface area contributed by atoms with Crippen molar-refractivity contribution in [3.8, 4) is 0 Å². The molecular formula is C22H26N4O4S. The topological polar surface area (TPSA) is 114 Å². The molecule has 0 saturated carbocycles. The first-order valence-corrected chi connectivity index (χ1v) is 12.3. The lowest BCUT2D eigenvalue weighted by molar-refractivity contribution is -0.384. The maximum Gasteiger partial charge on any atom is 0.269 e. The van der Waals surface area contributed by atoms with Crippen LogP contribution in [0.15, 0.2) is 53.5 Å². The summed E-state index contributed by atoms with van der Waals surface area (Å²) in [4.78, 5) is 15.1. The first-order chi connectivity index (χ1) is 14.9. The van der Waals surface area contributed by atoms with Gasteiger partial charge in [-0.15, -0.1) is 0 Å². The van der Waals surface area contributed by atoms with Crippen molar-refractivity contribution >= 4 is 21.5 Å². The molecule has 8 nitrogen and oxygen atoms in total. The van der Waals surface area contributed by atoms with Gasteiger partial charge in [0, 0.05) is 24.2 Å². The van der Waals surface area contributed by atoms with E-state index in [1.165, 1.54) is 23.3 Å². The summed E-state index contributed by atoms with van der Waals surface area (Å²) in [7, 11) is -3.00. The van der Waals surface area contributed by atoms with Gasteiger partial charge in [-0.2, -0.15) is 0 Å². The minimum atomic E-state index is -3.00. The minimum Gasteiger partial charge on any atom is -0.353 e. The number of hydrogen-bond acceptors (Lipinski definition) is 5. The zero-order valence-corrected chi connectivity index (χ0v) is 18.0. The number of nitrogens with one attached hydrogen (secondary N) is 2. The Morgan fingerprint density at radius 3 is 2.42 bits per heavy atom. The Bertz CT molecular complexity index is 1080. The van der Waals surface area contributed by atoms with Crippen molar-refractivity contribution in [1.82, 2.24) is 10.6 Å². The number of benzene rings is 2. The Hall–Kier alpha value is -2.94. The third kappa shape index (κ3) is 5.61. The molecule has 0 aromatic heterocycles. The van der Waals surface area contributed by atoms with Crippen LogP contribution in [0.1, 0.15) is 29.5 Å². The van der Waals surface area contributed by atoms with Crippen LogP contribution in [0.5, 0.6) is 0 Å². The Morgan fingerprint density at radius 2 is 1.74 bits per heavy atom. The predicted octanol–water partition coefficient (Wildman–Crippen LogP) is 2.37. The van der Waals surface area contributed by atoms with Crippen LogP contribution in [-0.2, 0) is 29.2 Å². The number of nitrogens with zero attached hydrogens (tertiary/aromatic N) is 2. The maximum atomic E-state index is 11.9. The van der Waals surface area contributed by atoms with Gasteiger partial charge >= 0.3 is 0 Å². The highest BCUT2D eigenvalue weighted by Gasteiger charge is 2.29. The van der Waals surface area contributed by atoms with E-state index in [1.54, 1.807) is 12.1 Å². The number of non-ortho nitro benzene ring substituents is 1. The zero-order chi connectivity index (χ0) is 21.8. The fourth-order valence-electron chi connectivity index (χ4n) is 4.14. The van der Waals surface area contributed by atoms with E-state index in [0.29, 0.717) is 18.9 Å². The van der Waals surface area contributed by atoms with Gasteiger partial charge in [0.1, 0.15) is 0 Å². The van der Waals surface area contributed by atoms with E-state index < -0.39 is 14.8 Å². The van der Waals surface area contributed by atoms with Gasteiger partial charge in [-0.1, -0.05) is 36.4 Å². The molecule has 9 heteroatoms. The van der Waals surface area contributed by atoms with Crippen molar-refractivity contribution < 1.29 is 13.3 Å². The zero-order valence-electron chi connectivity index (χ0n) is 17.2. The fraction of sp³-hybridized carbons (Fsp3) is 0.409. The highest BCUT2D eigenvalue weighted by molar-refractivity contribution is 7.91. The van der Waals surface area contributed by atoms with Gasteiger partial charge in [-0.05, 0) is 42.4 Å². The Kier molecular flexibility index (Phi) is 6.22. The van der Waals surface area contributed by atoms with Crippen LogP contribution in [0.3, 0.4) is 0 Å². The SMILES string of the molecule is O=[N+]([O-])c1ccc(CN=C(NC2CCc3ccccc3C2)NC2CCS(=O)(=O)C2)cc1. The minimum absolute atomic E-state index is 0.0428. The summed E-state index contributed by atoms with van der Waals surface area (Å²) in [5.74, 6) is 0.889. The summed E-state index contributed by atoms with van der Waals surface area (Å²) < 4.78 is 23.7. The van der Waals surface area contributed by atoms with Crippen LogP contribution in [0.2, 0.25) is 0 Å². The molecule has 0 amide bonds. The van der Waals surface area contributed by atoms with Crippen LogP contribution in [-0.4, -0.2) is 42.9 Å². The van der Waals surface area contributed by atoms with Crippen molar-refractivity contribution in [2.45, 2.75) is 44.3 Å². The molecule has 2 atom stereocenters. The molecule has 2 aromatic carbocycles. The van der Waals surface area contributed by atoms with Crippen LogP contribution in [0.25, 0.3) is 0 Å². The molecule has 2 aliphatic rings. The average Bonchev–Trinajstić information content (AvgIpc) is 3.10. The van der Waals surface area contributed by atoms with E-state index in [0.717, 1.165) is 24.8 Å². The van der Waals surface area contributed by atoms with Gasteiger partial charge in [0.15, 0.2) is 15.8 Å². The number of nitro groups is 1. The second kappa shape index (κ2) is 9.05. The van der Waals surface area contributed by atoms with Crippen molar-refractivity contribution in [2.24, 2.45) is 4.99 Å². The van der Waals surface area contributed by atoms with E-state index in [1.807, 2.05) is 6.07 Å². The van der Waals surface area contributed by atoms with Gasteiger partial charge in [-0.3, -0.25) is 10.1 Å². The molecule has 2 unspecified atom stereocenters. The molecule has 0 spiro atoms. The second-order valence-electron chi connectivity index (χ2n) is 8.19. The summed E-state index contributed by atoms with van der Waals surface area (Å²) in [5.41, 5.74) is 3.59. The number of fused-ring (bicyclic) bond motifs is 1. The van der Waals surface area contributed by atoms with E-state index in [2.05, 4.69) is 33.8 Å². The molecule has 4 rings (SSSR count).